The maximum Gasteiger partial charge on any atom is 0.262 e. The average Bonchev–Trinajstić information content (AvgIpc) is 3.00. The Hall–Kier alpha value is -2.70. The van der Waals surface area contributed by atoms with Crippen LogP contribution < -0.4 is 0 Å². The minimum Gasteiger partial charge on any atom is -0.507 e. The van der Waals surface area contributed by atoms with E-state index in [1.54, 1.807) is 12.4 Å². The third-order valence-corrected chi connectivity index (χ3v) is 2.33. The molecular formula is C11H7FN4O2. The van der Waals surface area contributed by atoms with Gasteiger partial charge in [0, 0.05) is 12.4 Å². The number of phenols is 1. The first-order valence-electron chi connectivity index (χ1n) is 5.06. The molecule has 3 rings (SSSR count). The monoisotopic (exact) mass is 246 g/mol. The molecule has 2 heterocycles. The van der Waals surface area contributed by atoms with Gasteiger partial charge in [0.25, 0.3) is 5.89 Å². The van der Waals surface area contributed by atoms with Crippen LogP contribution in [0.1, 0.15) is 0 Å². The quantitative estimate of drug-likeness (QED) is 0.721. The number of rotatable bonds is 2. The van der Waals surface area contributed by atoms with Gasteiger partial charge in [0.1, 0.15) is 11.6 Å². The third kappa shape index (κ3) is 1.71. The largest absolute Gasteiger partial charge is 0.507 e. The number of H-pyrrole nitrogens is 1. The van der Waals surface area contributed by atoms with Gasteiger partial charge < -0.3 is 14.6 Å². The molecule has 0 unspecified atom stereocenters. The Morgan fingerprint density at radius 1 is 1.33 bits per heavy atom. The van der Waals surface area contributed by atoms with Crippen LogP contribution in [0.5, 0.6) is 5.75 Å². The van der Waals surface area contributed by atoms with E-state index in [4.69, 9.17) is 4.52 Å². The summed E-state index contributed by atoms with van der Waals surface area (Å²) in [5, 5.41) is 13.3. The molecule has 7 heteroatoms. The zero-order valence-electron chi connectivity index (χ0n) is 8.96. The SMILES string of the molecule is Oc1ccc(F)cc1-c1nc(-c2ncc[nH]2)no1. The number of aromatic nitrogens is 4. The average molecular weight is 246 g/mol. The highest BCUT2D eigenvalue weighted by Gasteiger charge is 2.15. The van der Waals surface area contributed by atoms with Gasteiger partial charge in [0.05, 0.1) is 5.56 Å². The van der Waals surface area contributed by atoms with Crippen molar-refractivity contribution in [3.63, 3.8) is 0 Å². The second-order valence-corrected chi connectivity index (χ2v) is 3.52. The third-order valence-electron chi connectivity index (χ3n) is 2.33. The standard InChI is InChI=1S/C11H7FN4O2/c12-6-1-2-8(17)7(5-6)11-15-10(16-18-11)9-13-3-4-14-9/h1-5,17H,(H,13,14). The Morgan fingerprint density at radius 2 is 2.22 bits per heavy atom. The molecular weight excluding hydrogens is 239 g/mol. The number of hydrogen-bond acceptors (Lipinski definition) is 5. The molecule has 0 aliphatic heterocycles. The predicted octanol–water partition coefficient (Wildman–Crippen LogP) is 1.97. The number of nitrogens with zero attached hydrogens (tertiary/aromatic N) is 3. The van der Waals surface area contributed by atoms with Gasteiger partial charge in [-0.15, -0.1) is 0 Å². The Balaban J connectivity index is 2.05. The summed E-state index contributed by atoms with van der Waals surface area (Å²) in [6.07, 6.45) is 3.16. The molecule has 0 aliphatic carbocycles. The van der Waals surface area contributed by atoms with Crippen LogP contribution in [0.2, 0.25) is 0 Å². The van der Waals surface area contributed by atoms with E-state index in [0.717, 1.165) is 12.1 Å². The summed E-state index contributed by atoms with van der Waals surface area (Å²) in [4.78, 5) is 10.8. The molecule has 0 saturated carbocycles. The van der Waals surface area contributed by atoms with Crippen LogP contribution in [-0.4, -0.2) is 25.2 Å². The molecule has 0 aliphatic rings. The predicted molar refractivity (Wildman–Crippen MR) is 58.9 cm³/mol. The topological polar surface area (TPSA) is 87.8 Å². The molecule has 90 valence electrons. The summed E-state index contributed by atoms with van der Waals surface area (Å²) < 4.78 is 18.1. The number of benzene rings is 1. The molecule has 0 saturated heterocycles. The van der Waals surface area contributed by atoms with Crippen LogP contribution in [0.4, 0.5) is 4.39 Å². The molecule has 3 aromatic rings. The number of halogens is 1. The van der Waals surface area contributed by atoms with Gasteiger partial charge in [-0.25, -0.2) is 9.37 Å². The van der Waals surface area contributed by atoms with E-state index in [2.05, 4.69) is 20.1 Å². The molecule has 0 spiro atoms. The minimum absolute atomic E-state index is 0.0263. The number of imidazole rings is 1. The fourth-order valence-electron chi connectivity index (χ4n) is 1.50. The van der Waals surface area contributed by atoms with Crippen molar-refractivity contribution in [2.75, 3.05) is 0 Å². The molecule has 2 N–H and O–H groups in total. The van der Waals surface area contributed by atoms with Gasteiger partial charge in [0.2, 0.25) is 5.82 Å². The fraction of sp³-hybridized carbons (Fsp3) is 0. The Morgan fingerprint density at radius 3 is 3.00 bits per heavy atom. The van der Waals surface area contributed by atoms with E-state index in [-0.39, 0.29) is 23.0 Å². The smallest absolute Gasteiger partial charge is 0.262 e. The molecule has 6 nitrogen and oxygen atoms in total. The van der Waals surface area contributed by atoms with Crippen molar-refractivity contribution in [1.82, 2.24) is 20.1 Å². The number of nitrogens with one attached hydrogen (secondary N) is 1. The summed E-state index contributed by atoms with van der Waals surface area (Å²) in [5.41, 5.74) is 0.139. The lowest BCUT2D eigenvalue weighted by Gasteiger charge is -1.98. The van der Waals surface area contributed by atoms with E-state index < -0.39 is 5.82 Å². The fourth-order valence-corrected chi connectivity index (χ4v) is 1.50. The van der Waals surface area contributed by atoms with Crippen LogP contribution in [0.15, 0.2) is 35.1 Å². The maximum atomic E-state index is 13.1. The first kappa shape index (κ1) is 10.5. The first-order valence-corrected chi connectivity index (χ1v) is 5.06. The Bertz CT molecular complexity index is 678. The highest BCUT2D eigenvalue weighted by molar-refractivity contribution is 5.63. The molecule has 0 radical (unpaired) electrons. The van der Waals surface area contributed by atoms with Crippen molar-refractivity contribution in [3.8, 4) is 28.9 Å². The van der Waals surface area contributed by atoms with Crippen molar-refractivity contribution in [1.29, 1.82) is 0 Å². The zero-order valence-corrected chi connectivity index (χ0v) is 8.96. The highest BCUT2D eigenvalue weighted by Crippen LogP contribution is 2.29. The lowest BCUT2D eigenvalue weighted by molar-refractivity contribution is 0.424. The van der Waals surface area contributed by atoms with E-state index in [0.29, 0.717) is 5.82 Å². The normalized spacial score (nSPS) is 10.7. The van der Waals surface area contributed by atoms with Gasteiger partial charge in [-0.1, -0.05) is 5.16 Å². The van der Waals surface area contributed by atoms with Crippen molar-refractivity contribution >= 4 is 0 Å². The van der Waals surface area contributed by atoms with E-state index in [1.165, 1.54) is 6.07 Å². The summed E-state index contributed by atoms with van der Waals surface area (Å²) in [6.45, 7) is 0. The second kappa shape index (κ2) is 3.95. The van der Waals surface area contributed by atoms with Crippen LogP contribution in [0.25, 0.3) is 23.1 Å². The van der Waals surface area contributed by atoms with Gasteiger partial charge in [-0.2, -0.15) is 4.98 Å². The molecule has 2 aromatic heterocycles. The van der Waals surface area contributed by atoms with E-state index in [1.807, 2.05) is 0 Å². The van der Waals surface area contributed by atoms with E-state index in [9.17, 15) is 9.50 Å². The molecule has 0 bridgehead atoms. The number of hydrogen-bond donors (Lipinski definition) is 2. The minimum atomic E-state index is -0.499. The number of aromatic amines is 1. The summed E-state index contributed by atoms with van der Waals surface area (Å²) in [7, 11) is 0. The molecule has 0 amide bonds. The van der Waals surface area contributed by atoms with E-state index >= 15 is 0 Å². The number of aromatic hydroxyl groups is 1. The van der Waals surface area contributed by atoms with Crippen molar-refractivity contribution in [2.45, 2.75) is 0 Å². The van der Waals surface area contributed by atoms with Gasteiger partial charge in [-0.05, 0) is 18.2 Å². The van der Waals surface area contributed by atoms with Crippen molar-refractivity contribution in [2.24, 2.45) is 0 Å². The summed E-state index contributed by atoms with van der Waals surface area (Å²) >= 11 is 0. The number of phenolic OH excluding ortho intramolecular Hbond substituents is 1. The van der Waals surface area contributed by atoms with Crippen LogP contribution in [0, 0.1) is 5.82 Å². The maximum absolute atomic E-state index is 13.1. The summed E-state index contributed by atoms with van der Waals surface area (Å²) in [5.74, 6) is 0.0598. The van der Waals surface area contributed by atoms with Crippen LogP contribution in [-0.2, 0) is 0 Å². The van der Waals surface area contributed by atoms with Gasteiger partial charge in [-0.3, -0.25) is 0 Å². The Labute approximate surface area is 100 Å². The Kier molecular flexibility index (Phi) is 2.30. The summed E-state index contributed by atoms with van der Waals surface area (Å²) in [6, 6.07) is 3.48. The molecule has 18 heavy (non-hydrogen) atoms. The lowest BCUT2D eigenvalue weighted by Crippen LogP contribution is -1.84. The van der Waals surface area contributed by atoms with Gasteiger partial charge >= 0.3 is 0 Å². The van der Waals surface area contributed by atoms with Crippen molar-refractivity contribution in [3.05, 3.63) is 36.4 Å². The highest BCUT2D eigenvalue weighted by atomic mass is 19.1. The van der Waals surface area contributed by atoms with Crippen LogP contribution in [0.3, 0.4) is 0 Å². The zero-order chi connectivity index (χ0) is 12.5. The second-order valence-electron chi connectivity index (χ2n) is 3.52. The molecule has 0 atom stereocenters. The van der Waals surface area contributed by atoms with Crippen LogP contribution >= 0.6 is 0 Å². The van der Waals surface area contributed by atoms with Crippen molar-refractivity contribution < 1.29 is 14.0 Å². The molecule has 0 fully saturated rings. The van der Waals surface area contributed by atoms with Gasteiger partial charge in [0.15, 0.2) is 5.82 Å². The lowest BCUT2D eigenvalue weighted by atomic mass is 10.2. The first-order chi connectivity index (χ1) is 8.74. The molecule has 1 aromatic carbocycles.